The Kier molecular flexibility index (Phi) is 3.60. The molecule has 0 spiro atoms. The maximum Gasteiger partial charge on any atom is 0.223 e. The molecule has 3 unspecified atom stereocenters. The van der Waals surface area contributed by atoms with Crippen LogP contribution in [-0.2, 0) is 4.79 Å². The van der Waals surface area contributed by atoms with Crippen LogP contribution in [0, 0.1) is 23.7 Å². The van der Waals surface area contributed by atoms with E-state index in [2.05, 4.69) is 5.32 Å². The van der Waals surface area contributed by atoms with E-state index in [1.54, 1.807) is 0 Å². The minimum Gasteiger partial charge on any atom is -0.352 e. The smallest absolute Gasteiger partial charge is 0.223 e. The highest BCUT2D eigenvalue weighted by Gasteiger charge is 2.48. The first-order chi connectivity index (χ1) is 8.78. The molecule has 0 radical (unpaired) electrons. The van der Waals surface area contributed by atoms with Gasteiger partial charge in [0.25, 0.3) is 0 Å². The Labute approximate surface area is 110 Å². The third kappa shape index (κ3) is 2.56. The van der Waals surface area contributed by atoms with Crippen molar-refractivity contribution in [1.29, 1.82) is 0 Å². The van der Waals surface area contributed by atoms with Gasteiger partial charge in [0.15, 0.2) is 0 Å². The fourth-order valence-corrected chi connectivity index (χ4v) is 4.14. The highest BCUT2D eigenvalue weighted by Crippen LogP contribution is 2.54. The van der Waals surface area contributed by atoms with Gasteiger partial charge < -0.3 is 11.1 Å². The highest BCUT2D eigenvalue weighted by molar-refractivity contribution is 5.79. The van der Waals surface area contributed by atoms with Gasteiger partial charge >= 0.3 is 0 Å². The lowest BCUT2D eigenvalue weighted by atomic mass is 9.83. The zero-order valence-electron chi connectivity index (χ0n) is 11.2. The molecule has 0 aromatic heterocycles. The van der Waals surface area contributed by atoms with Crippen molar-refractivity contribution in [1.82, 2.24) is 5.32 Å². The van der Waals surface area contributed by atoms with E-state index >= 15 is 0 Å². The molecule has 3 rings (SSSR count). The Hall–Kier alpha value is -0.570. The van der Waals surface area contributed by atoms with Crippen molar-refractivity contribution < 1.29 is 4.79 Å². The van der Waals surface area contributed by atoms with Gasteiger partial charge in [0.1, 0.15) is 0 Å². The van der Waals surface area contributed by atoms with Gasteiger partial charge in [0.2, 0.25) is 5.91 Å². The summed E-state index contributed by atoms with van der Waals surface area (Å²) in [6.45, 7) is 0.607. The molecule has 0 aliphatic heterocycles. The van der Waals surface area contributed by atoms with Crippen LogP contribution in [0.1, 0.15) is 51.4 Å². The summed E-state index contributed by atoms with van der Waals surface area (Å²) in [4.78, 5) is 12.3. The van der Waals surface area contributed by atoms with E-state index < -0.39 is 0 Å². The molecule has 3 fully saturated rings. The molecule has 3 aliphatic carbocycles. The predicted molar refractivity (Wildman–Crippen MR) is 71.9 cm³/mol. The number of rotatable bonds is 4. The van der Waals surface area contributed by atoms with Crippen LogP contribution in [0.4, 0.5) is 0 Å². The topological polar surface area (TPSA) is 55.1 Å². The first-order valence-corrected chi connectivity index (χ1v) is 7.78. The predicted octanol–water partition coefficient (Wildman–Crippen LogP) is 2.06. The minimum atomic E-state index is 0.231. The van der Waals surface area contributed by atoms with E-state index in [0.29, 0.717) is 24.3 Å². The molecule has 0 heterocycles. The van der Waals surface area contributed by atoms with Gasteiger partial charge in [-0.2, -0.15) is 0 Å². The van der Waals surface area contributed by atoms with Gasteiger partial charge in [-0.05, 0) is 49.9 Å². The quantitative estimate of drug-likeness (QED) is 0.802. The monoisotopic (exact) mass is 250 g/mol. The first-order valence-electron chi connectivity index (χ1n) is 7.78. The van der Waals surface area contributed by atoms with Crippen molar-refractivity contribution in [3.05, 3.63) is 0 Å². The molecule has 18 heavy (non-hydrogen) atoms. The summed E-state index contributed by atoms with van der Waals surface area (Å²) in [5.41, 5.74) is 5.87. The van der Waals surface area contributed by atoms with Crippen molar-refractivity contribution >= 4 is 5.91 Å². The van der Waals surface area contributed by atoms with Crippen LogP contribution < -0.4 is 11.1 Å². The molecule has 3 N–H and O–H groups in total. The number of hydrogen-bond acceptors (Lipinski definition) is 2. The number of amides is 1. The summed E-state index contributed by atoms with van der Waals surface area (Å²) in [6.07, 6.45) is 10.1. The third-order valence-corrected chi connectivity index (χ3v) is 5.41. The molecule has 1 amide bonds. The molecule has 0 saturated heterocycles. The molecular formula is C15H26N2O. The zero-order valence-corrected chi connectivity index (χ0v) is 11.2. The summed E-state index contributed by atoms with van der Waals surface area (Å²) in [6, 6.07) is 0.231. The Bertz CT molecular complexity index is 302. The lowest BCUT2D eigenvalue weighted by Gasteiger charge is -2.31. The molecule has 0 aromatic carbocycles. The lowest BCUT2D eigenvalue weighted by Crippen LogP contribution is -2.47. The van der Waals surface area contributed by atoms with Crippen LogP contribution in [0.5, 0.6) is 0 Å². The van der Waals surface area contributed by atoms with Crippen molar-refractivity contribution in [3.63, 3.8) is 0 Å². The van der Waals surface area contributed by atoms with E-state index in [4.69, 9.17) is 5.73 Å². The van der Waals surface area contributed by atoms with E-state index in [-0.39, 0.29) is 6.04 Å². The molecule has 3 heteroatoms. The average molecular weight is 250 g/mol. The zero-order chi connectivity index (χ0) is 12.5. The summed E-state index contributed by atoms with van der Waals surface area (Å²) >= 11 is 0. The largest absolute Gasteiger partial charge is 0.352 e. The van der Waals surface area contributed by atoms with E-state index in [9.17, 15) is 4.79 Å². The van der Waals surface area contributed by atoms with Gasteiger partial charge in [-0.25, -0.2) is 0 Å². The molecule has 102 valence electrons. The van der Waals surface area contributed by atoms with Crippen molar-refractivity contribution in [2.75, 3.05) is 6.54 Å². The molecule has 0 bridgehead atoms. The van der Waals surface area contributed by atoms with Crippen molar-refractivity contribution in [2.45, 2.75) is 57.4 Å². The number of nitrogens with one attached hydrogen (secondary N) is 1. The van der Waals surface area contributed by atoms with Gasteiger partial charge in [-0.15, -0.1) is 0 Å². The Morgan fingerprint density at radius 2 is 1.78 bits per heavy atom. The van der Waals surface area contributed by atoms with Crippen molar-refractivity contribution in [3.8, 4) is 0 Å². The Morgan fingerprint density at radius 1 is 1.11 bits per heavy atom. The second-order valence-corrected chi connectivity index (χ2v) is 6.67. The number of nitrogens with two attached hydrogens (primary N) is 1. The summed E-state index contributed by atoms with van der Waals surface area (Å²) < 4.78 is 0. The number of fused-ring (bicyclic) bond motifs is 1. The van der Waals surface area contributed by atoms with Gasteiger partial charge in [0, 0.05) is 18.5 Å². The van der Waals surface area contributed by atoms with Crippen LogP contribution in [0.15, 0.2) is 0 Å². The Morgan fingerprint density at radius 3 is 2.39 bits per heavy atom. The molecule has 3 atom stereocenters. The van der Waals surface area contributed by atoms with Crippen LogP contribution >= 0.6 is 0 Å². The number of hydrogen-bond donors (Lipinski definition) is 2. The van der Waals surface area contributed by atoms with Gasteiger partial charge in [-0.3, -0.25) is 4.79 Å². The summed E-state index contributed by atoms with van der Waals surface area (Å²) in [5.74, 6) is 2.98. The highest BCUT2D eigenvalue weighted by atomic mass is 16.2. The van der Waals surface area contributed by atoms with Crippen LogP contribution in [0.25, 0.3) is 0 Å². The second kappa shape index (κ2) is 5.20. The maximum atomic E-state index is 12.3. The Balaban J connectivity index is 1.50. The summed E-state index contributed by atoms with van der Waals surface area (Å²) in [5, 5.41) is 3.26. The van der Waals surface area contributed by atoms with Gasteiger partial charge in [0.05, 0.1) is 0 Å². The van der Waals surface area contributed by atoms with E-state index in [1.165, 1.54) is 38.5 Å². The number of carbonyl (C=O) groups excluding carboxylic acids is 1. The van der Waals surface area contributed by atoms with Crippen LogP contribution in [0.2, 0.25) is 0 Å². The molecular weight excluding hydrogens is 224 g/mol. The second-order valence-electron chi connectivity index (χ2n) is 6.67. The van der Waals surface area contributed by atoms with Crippen LogP contribution in [-0.4, -0.2) is 18.5 Å². The normalized spacial score (nSPS) is 37.1. The average Bonchev–Trinajstić information content (AvgIpc) is 3.03. The fourth-order valence-electron chi connectivity index (χ4n) is 4.14. The standard InChI is InChI=1S/C15H26N2O/c16-9-14(10-4-2-1-3-5-10)17-15(18)13-7-11-6-12(11)8-13/h10-14H,1-9,16H2,(H,17,18). The first kappa shape index (κ1) is 12.5. The maximum absolute atomic E-state index is 12.3. The SMILES string of the molecule is NCC(NC(=O)C1CC2CC2C1)C1CCCCC1. The van der Waals surface area contributed by atoms with Crippen molar-refractivity contribution in [2.24, 2.45) is 29.4 Å². The fraction of sp³-hybridized carbons (Fsp3) is 0.933. The molecule has 0 aromatic rings. The van der Waals surface area contributed by atoms with E-state index in [1.807, 2.05) is 0 Å². The molecule has 3 nitrogen and oxygen atoms in total. The number of carbonyl (C=O) groups is 1. The molecule has 3 saturated carbocycles. The third-order valence-electron chi connectivity index (χ3n) is 5.41. The minimum absolute atomic E-state index is 0.231. The lowest BCUT2D eigenvalue weighted by molar-refractivity contribution is -0.126. The van der Waals surface area contributed by atoms with Gasteiger partial charge in [-0.1, -0.05) is 19.3 Å². The van der Waals surface area contributed by atoms with E-state index in [0.717, 1.165) is 24.7 Å². The van der Waals surface area contributed by atoms with Crippen LogP contribution in [0.3, 0.4) is 0 Å². The molecule has 3 aliphatic rings. The summed E-state index contributed by atoms with van der Waals surface area (Å²) in [7, 11) is 0.